The second-order valence-electron chi connectivity index (χ2n) is 4.58. The predicted octanol–water partition coefficient (Wildman–Crippen LogP) is 1.16. The fourth-order valence-electron chi connectivity index (χ4n) is 2.02. The van der Waals surface area contributed by atoms with Gasteiger partial charge in [0.25, 0.3) is 0 Å². The van der Waals surface area contributed by atoms with Crippen LogP contribution in [0.1, 0.15) is 18.7 Å². The van der Waals surface area contributed by atoms with E-state index in [4.69, 9.17) is 9.84 Å². The SMILES string of the molecule is CCNc1ncc(CN2CC(CO)OCC2C)s1. The molecule has 102 valence electrons. The maximum atomic E-state index is 9.16. The Morgan fingerprint density at radius 1 is 1.67 bits per heavy atom. The third kappa shape index (κ3) is 3.41. The van der Waals surface area contributed by atoms with Gasteiger partial charge in [0.05, 0.1) is 19.3 Å². The largest absolute Gasteiger partial charge is 0.394 e. The Morgan fingerprint density at radius 3 is 3.22 bits per heavy atom. The van der Waals surface area contributed by atoms with E-state index in [-0.39, 0.29) is 12.7 Å². The molecule has 0 aromatic carbocycles. The highest BCUT2D eigenvalue weighted by atomic mass is 32.1. The normalized spacial score (nSPS) is 25.3. The molecule has 0 spiro atoms. The summed E-state index contributed by atoms with van der Waals surface area (Å²) in [6.45, 7) is 7.55. The molecule has 0 saturated carbocycles. The molecule has 0 radical (unpaired) electrons. The molecule has 2 heterocycles. The highest BCUT2D eigenvalue weighted by Crippen LogP contribution is 2.22. The minimum Gasteiger partial charge on any atom is -0.394 e. The van der Waals surface area contributed by atoms with Crippen LogP contribution in [0.5, 0.6) is 0 Å². The van der Waals surface area contributed by atoms with E-state index in [1.807, 2.05) is 6.20 Å². The quantitative estimate of drug-likeness (QED) is 0.841. The summed E-state index contributed by atoms with van der Waals surface area (Å²) in [6.07, 6.45) is 1.88. The van der Waals surface area contributed by atoms with Gasteiger partial charge in [-0.05, 0) is 13.8 Å². The molecule has 1 saturated heterocycles. The van der Waals surface area contributed by atoms with Crippen LogP contribution in [-0.4, -0.2) is 53.4 Å². The lowest BCUT2D eigenvalue weighted by Crippen LogP contribution is -2.48. The fraction of sp³-hybridized carbons (Fsp3) is 0.750. The molecule has 2 atom stereocenters. The molecule has 0 amide bonds. The number of aromatic nitrogens is 1. The van der Waals surface area contributed by atoms with Gasteiger partial charge in [0, 0.05) is 36.8 Å². The first-order chi connectivity index (χ1) is 8.72. The number of aliphatic hydroxyl groups is 1. The van der Waals surface area contributed by atoms with Gasteiger partial charge in [0.15, 0.2) is 5.13 Å². The smallest absolute Gasteiger partial charge is 0.182 e. The number of hydrogen-bond acceptors (Lipinski definition) is 6. The maximum Gasteiger partial charge on any atom is 0.182 e. The zero-order chi connectivity index (χ0) is 13.0. The zero-order valence-corrected chi connectivity index (χ0v) is 11.7. The molecule has 5 nitrogen and oxygen atoms in total. The van der Waals surface area contributed by atoms with E-state index < -0.39 is 0 Å². The summed E-state index contributed by atoms with van der Waals surface area (Å²) >= 11 is 1.69. The molecule has 1 aromatic rings. The van der Waals surface area contributed by atoms with Crippen molar-refractivity contribution < 1.29 is 9.84 Å². The number of nitrogens with zero attached hydrogens (tertiary/aromatic N) is 2. The van der Waals surface area contributed by atoms with E-state index in [1.165, 1.54) is 4.88 Å². The highest BCUT2D eigenvalue weighted by Gasteiger charge is 2.25. The molecule has 1 aromatic heterocycles. The van der Waals surface area contributed by atoms with Crippen LogP contribution in [0.15, 0.2) is 6.20 Å². The van der Waals surface area contributed by atoms with Crippen molar-refractivity contribution in [2.75, 3.05) is 31.6 Å². The van der Waals surface area contributed by atoms with E-state index in [0.29, 0.717) is 12.6 Å². The van der Waals surface area contributed by atoms with Crippen LogP contribution in [0.2, 0.25) is 0 Å². The molecule has 18 heavy (non-hydrogen) atoms. The number of aliphatic hydroxyl groups excluding tert-OH is 1. The Labute approximate surface area is 112 Å². The van der Waals surface area contributed by atoms with Gasteiger partial charge in [0.2, 0.25) is 0 Å². The second-order valence-corrected chi connectivity index (χ2v) is 5.69. The first-order valence-electron chi connectivity index (χ1n) is 6.38. The summed E-state index contributed by atoms with van der Waals surface area (Å²) in [6, 6.07) is 0.387. The fourth-order valence-corrected chi connectivity index (χ4v) is 2.93. The van der Waals surface area contributed by atoms with Crippen LogP contribution in [0.3, 0.4) is 0 Å². The molecule has 1 aliphatic rings. The summed E-state index contributed by atoms with van der Waals surface area (Å²) in [4.78, 5) is 7.92. The molecule has 2 rings (SSSR count). The molecular formula is C12H21N3O2S. The molecule has 2 unspecified atom stereocenters. The third-order valence-corrected chi connectivity index (χ3v) is 4.02. The first kappa shape index (κ1) is 13.7. The van der Waals surface area contributed by atoms with Gasteiger partial charge in [-0.1, -0.05) is 0 Å². The van der Waals surface area contributed by atoms with Gasteiger partial charge in [-0.25, -0.2) is 4.98 Å². The van der Waals surface area contributed by atoms with Crippen molar-refractivity contribution in [1.82, 2.24) is 9.88 Å². The topological polar surface area (TPSA) is 57.6 Å². The van der Waals surface area contributed by atoms with E-state index in [2.05, 4.69) is 29.0 Å². The van der Waals surface area contributed by atoms with E-state index in [0.717, 1.165) is 24.8 Å². The number of ether oxygens (including phenoxy) is 1. The van der Waals surface area contributed by atoms with Crippen LogP contribution in [0.4, 0.5) is 5.13 Å². The van der Waals surface area contributed by atoms with E-state index >= 15 is 0 Å². The van der Waals surface area contributed by atoms with Crippen LogP contribution in [-0.2, 0) is 11.3 Å². The monoisotopic (exact) mass is 271 g/mol. The molecule has 6 heteroatoms. The number of hydrogen-bond donors (Lipinski definition) is 2. The van der Waals surface area contributed by atoms with Crippen molar-refractivity contribution in [1.29, 1.82) is 0 Å². The molecule has 0 aliphatic carbocycles. The van der Waals surface area contributed by atoms with Gasteiger partial charge in [-0.15, -0.1) is 11.3 Å². The minimum atomic E-state index is -0.0534. The van der Waals surface area contributed by atoms with Gasteiger partial charge in [0.1, 0.15) is 0 Å². The van der Waals surface area contributed by atoms with E-state index in [1.54, 1.807) is 11.3 Å². The van der Waals surface area contributed by atoms with Crippen molar-refractivity contribution in [3.8, 4) is 0 Å². The molecule has 1 aliphatic heterocycles. The summed E-state index contributed by atoms with van der Waals surface area (Å²) < 4.78 is 5.53. The Bertz CT molecular complexity index is 372. The van der Waals surface area contributed by atoms with Crippen LogP contribution in [0, 0.1) is 0 Å². The Morgan fingerprint density at radius 2 is 2.50 bits per heavy atom. The minimum absolute atomic E-state index is 0.0534. The molecule has 0 bridgehead atoms. The summed E-state index contributed by atoms with van der Waals surface area (Å²) in [5, 5.41) is 13.4. The average Bonchev–Trinajstić information content (AvgIpc) is 2.80. The molecular weight excluding hydrogens is 250 g/mol. The lowest BCUT2D eigenvalue weighted by molar-refractivity contribution is -0.0803. The zero-order valence-electron chi connectivity index (χ0n) is 10.9. The predicted molar refractivity (Wildman–Crippen MR) is 73.0 cm³/mol. The first-order valence-corrected chi connectivity index (χ1v) is 7.19. The lowest BCUT2D eigenvalue weighted by Gasteiger charge is -2.37. The van der Waals surface area contributed by atoms with Gasteiger partial charge in [-0.3, -0.25) is 4.90 Å². The highest BCUT2D eigenvalue weighted by molar-refractivity contribution is 7.15. The summed E-state index contributed by atoms with van der Waals surface area (Å²) in [7, 11) is 0. The second kappa shape index (κ2) is 6.47. The average molecular weight is 271 g/mol. The Balaban J connectivity index is 1.93. The van der Waals surface area contributed by atoms with Crippen molar-refractivity contribution in [2.45, 2.75) is 32.5 Å². The van der Waals surface area contributed by atoms with Crippen LogP contribution < -0.4 is 5.32 Å². The lowest BCUT2D eigenvalue weighted by atomic mass is 10.2. The summed E-state index contributed by atoms with van der Waals surface area (Å²) in [5.74, 6) is 0. The van der Waals surface area contributed by atoms with Crippen molar-refractivity contribution in [2.24, 2.45) is 0 Å². The summed E-state index contributed by atoms with van der Waals surface area (Å²) in [5.41, 5.74) is 0. The van der Waals surface area contributed by atoms with Crippen molar-refractivity contribution >= 4 is 16.5 Å². The van der Waals surface area contributed by atoms with Crippen LogP contribution >= 0.6 is 11.3 Å². The Hall–Kier alpha value is -0.690. The maximum absolute atomic E-state index is 9.16. The number of anilines is 1. The van der Waals surface area contributed by atoms with Gasteiger partial charge >= 0.3 is 0 Å². The number of rotatable bonds is 5. The number of thiazole rings is 1. The Kier molecular flexibility index (Phi) is 4.94. The third-order valence-electron chi connectivity index (χ3n) is 3.08. The van der Waals surface area contributed by atoms with Crippen LogP contribution in [0.25, 0.3) is 0 Å². The van der Waals surface area contributed by atoms with Crippen molar-refractivity contribution in [3.63, 3.8) is 0 Å². The van der Waals surface area contributed by atoms with Gasteiger partial charge < -0.3 is 15.2 Å². The number of morpholine rings is 1. The van der Waals surface area contributed by atoms with Gasteiger partial charge in [-0.2, -0.15) is 0 Å². The van der Waals surface area contributed by atoms with E-state index in [9.17, 15) is 0 Å². The molecule has 1 fully saturated rings. The standard InChI is InChI=1S/C12H21N3O2S/c1-3-13-12-14-4-11(18-12)6-15-5-10(7-16)17-8-9(15)2/h4,9-10,16H,3,5-8H2,1-2H3,(H,13,14). The number of nitrogens with one attached hydrogen (secondary N) is 1. The molecule has 2 N–H and O–H groups in total. The van der Waals surface area contributed by atoms with Crippen molar-refractivity contribution in [3.05, 3.63) is 11.1 Å².